The van der Waals surface area contributed by atoms with Gasteiger partial charge < -0.3 is 10.2 Å². The molecule has 1 N–H and O–H groups in total. The third kappa shape index (κ3) is 4.99. The summed E-state index contributed by atoms with van der Waals surface area (Å²) in [5.74, 6) is -0.162. The molecule has 1 unspecified atom stereocenters. The van der Waals surface area contributed by atoms with E-state index >= 15 is 0 Å². The van der Waals surface area contributed by atoms with Gasteiger partial charge in [-0.25, -0.2) is 9.97 Å². The van der Waals surface area contributed by atoms with E-state index in [9.17, 15) is 9.59 Å². The minimum absolute atomic E-state index is 0.0385. The van der Waals surface area contributed by atoms with Crippen LogP contribution in [0.4, 0.5) is 11.5 Å². The largest absolute Gasteiger partial charge is 0.313 e. The summed E-state index contributed by atoms with van der Waals surface area (Å²) in [7, 11) is 1.72. The Labute approximate surface area is 178 Å². The first-order valence-corrected chi connectivity index (χ1v) is 10.4. The third-order valence-electron chi connectivity index (χ3n) is 4.53. The standard InChI is InChI=1S/C21H21ClN4O2S/c1-13(2)19(14-4-6-15(22)7-5-14)21(28)26(3)16-8-9-18(23-10-16)25-20(27)17-11-29-12-24-17/h4-13,19H,1-3H3,(H,23,25,27). The summed E-state index contributed by atoms with van der Waals surface area (Å²) >= 11 is 7.33. The molecule has 2 heterocycles. The van der Waals surface area contributed by atoms with Crippen molar-refractivity contribution in [2.45, 2.75) is 19.8 Å². The monoisotopic (exact) mass is 428 g/mol. The van der Waals surface area contributed by atoms with Crippen LogP contribution in [0.1, 0.15) is 35.8 Å². The fourth-order valence-corrected chi connectivity index (χ4v) is 3.64. The smallest absolute Gasteiger partial charge is 0.276 e. The number of hydrogen-bond donors (Lipinski definition) is 1. The number of rotatable bonds is 6. The number of amides is 2. The highest BCUT2D eigenvalue weighted by molar-refractivity contribution is 7.07. The number of carbonyl (C=O) groups excluding carboxylic acids is 2. The number of anilines is 2. The number of aromatic nitrogens is 2. The number of pyridine rings is 1. The second kappa shape index (κ2) is 9.15. The molecule has 0 saturated heterocycles. The first-order chi connectivity index (χ1) is 13.9. The Morgan fingerprint density at radius 3 is 2.38 bits per heavy atom. The van der Waals surface area contributed by atoms with E-state index in [1.54, 1.807) is 53.3 Å². The van der Waals surface area contributed by atoms with E-state index < -0.39 is 0 Å². The van der Waals surface area contributed by atoms with Gasteiger partial charge in [-0.1, -0.05) is 37.6 Å². The highest BCUT2D eigenvalue weighted by atomic mass is 35.5. The highest BCUT2D eigenvalue weighted by Crippen LogP contribution is 2.29. The van der Waals surface area contributed by atoms with Gasteiger partial charge in [-0.05, 0) is 35.7 Å². The minimum atomic E-state index is -0.321. The molecule has 3 aromatic rings. The van der Waals surface area contributed by atoms with Gasteiger partial charge in [-0.2, -0.15) is 0 Å². The van der Waals surface area contributed by atoms with Crippen molar-refractivity contribution >= 4 is 46.3 Å². The van der Waals surface area contributed by atoms with E-state index in [0.717, 1.165) is 5.56 Å². The quantitative estimate of drug-likeness (QED) is 0.609. The maximum atomic E-state index is 13.2. The van der Waals surface area contributed by atoms with Crippen LogP contribution in [0.25, 0.3) is 0 Å². The van der Waals surface area contributed by atoms with Crippen LogP contribution in [-0.2, 0) is 4.79 Å². The van der Waals surface area contributed by atoms with E-state index in [2.05, 4.69) is 15.3 Å². The summed E-state index contributed by atoms with van der Waals surface area (Å²) < 4.78 is 0. The van der Waals surface area contributed by atoms with Crippen molar-refractivity contribution in [1.82, 2.24) is 9.97 Å². The molecule has 6 nitrogen and oxygen atoms in total. The Kier molecular flexibility index (Phi) is 6.61. The topological polar surface area (TPSA) is 75.2 Å². The molecular formula is C21H21ClN4O2S. The molecule has 0 saturated carbocycles. The van der Waals surface area contributed by atoms with Gasteiger partial charge in [-0.3, -0.25) is 9.59 Å². The Morgan fingerprint density at radius 1 is 1.10 bits per heavy atom. The van der Waals surface area contributed by atoms with Crippen molar-refractivity contribution in [3.05, 3.63) is 69.8 Å². The fourth-order valence-electron chi connectivity index (χ4n) is 2.98. The van der Waals surface area contributed by atoms with Gasteiger partial charge in [0.2, 0.25) is 5.91 Å². The molecule has 3 rings (SSSR count). The number of hydrogen-bond acceptors (Lipinski definition) is 5. The number of halogens is 1. The maximum Gasteiger partial charge on any atom is 0.276 e. The first kappa shape index (κ1) is 21.0. The molecule has 0 aliphatic rings. The SMILES string of the molecule is CC(C)C(C(=O)N(C)c1ccc(NC(=O)c2cscn2)nc1)c1ccc(Cl)cc1. The molecule has 0 bridgehead atoms. The lowest BCUT2D eigenvalue weighted by Gasteiger charge is -2.26. The molecule has 1 atom stereocenters. The number of benzene rings is 1. The molecule has 0 fully saturated rings. The Morgan fingerprint density at radius 2 is 1.83 bits per heavy atom. The molecule has 0 aliphatic heterocycles. The molecule has 0 spiro atoms. The average molecular weight is 429 g/mol. The number of thiazole rings is 1. The lowest BCUT2D eigenvalue weighted by atomic mass is 9.87. The van der Waals surface area contributed by atoms with Crippen molar-refractivity contribution in [1.29, 1.82) is 0 Å². The predicted octanol–water partition coefficient (Wildman–Crippen LogP) is 4.85. The summed E-state index contributed by atoms with van der Waals surface area (Å²) in [5, 5.41) is 4.99. The van der Waals surface area contributed by atoms with Crippen LogP contribution in [0, 0.1) is 5.92 Å². The van der Waals surface area contributed by atoms with E-state index in [1.807, 2.05) is 26.0 Å². The summed E-state index contributed by atoms with van der Waals surface area (Å²) in [4.78, 5) is 35.0. The first-order valence-electron chi connectivity index (χ1n) is 9.05. The van der Waals surface area contributed by atoms with Gasteiger partial charge in [0.1, 0.15) is 11.5 Å². The minimum Gasteiger partial charge on any atom is -0.313 e. The van der Waals surface area contributed by atoms with E-state index in [-0.39, 0.29) is 23.7 Å². The zero-order chi connectivity index (χ0) is 21.0. The Hall–Kier alpha value is -2.77. The fraction of sp³-hybridized carbons (Fsp3) is 0.238. The summed E-state index contributed by atoms with van der Waals surface area (Å²) in [6.07, 6.45) is 1.56. The second-order valence-corrected chi connectivity index (χ2v) is 8.06. The molecule has 2 aromatic heterocycles. The lowest BCUT2D eigenvalue weighted by molar-refractivity contribution is -0.120. The maximum absolute atomic E-state index is 13.2. The van der Waals surface area contributed by atoms with E-state index in [4.69, 9.17) is 11.6 Å². The zero-order valence-electron chi connectivity index (χ0n) is 16.3. The number of likely N-dealkylation sites (N-methyl/N-ethyl adjacent to an activating group) is 1. The molecule has 150 valence electrons. The van der Waals surface area contributed by atoms with Gasteiger partial charge in [0.15, 0.2) is 0 Å². The second-order valence-electron chi connectivity index (χ2n) is 6.90. The van der Waals surface area contributed by atoms with Crippen molar-refractivity contribution < 1.29 is 9.59 Å². The zero-order valence-corrected chi connectivity index (χ0v) is 17.9. The average Bonchev–Trinajstić information content (AvgIpc) is 3.24. The summed E-state index contributed by atoms with van der Waals surface area (Å²) in [6, 6.07) is 10.8. The molecule has 8 heteroatoms. The van der Waals surface area contributed by atoms with Crippen molar-refractivity contribution in [3.8, 4) is 0 Å². The van der Waals surface area contributed by atoms with Gasteiger partial charge in [0.05, 0.1) is 23.3 Å². The van der Waals surface area contributed by atoms with Crippen LogP contribution in [-0.4, -0.2) is 28.8 Å². The highest BCUT2D eigenvalue weighted by Gasteiger charge is 2.27. The predicted molar refractivity (Wildman–Crippen MR) is 117 cm³/mol. The molecule has 2 amide bonds. The molecule has 1 aromatic carbocycles. The van der Waals surface area contributed by atoms with Gasteiger partial charge in [-0.15, -0.1) is 11.3 Å². The number of nitrogens with one attached hydrogen (secondary N) is 1. The molecule has 0 aliphatic carbocycles. The van der Waals surface area contributed by atoms with Gasteiger partial charge in [0.25, 0.3) is 5.91 Å². The van der Waals surface area contributed by atoms with Crippen LogP contribution >= 0.6 is 22.9 Å². The van der Waals surface area contributed by atoms with Crippen LogP contribution < -0.4 is 10.2 Å². The third-order valence-corrected chi connectivity index (χ3v) is 5.37. The molecule has 29 heavy (non-hydrogen) atoms. The Balaban J connectivity index is 1.74. The van der Waals surface area contributed by atoms with Crippen molar-refractivity contribution in [2.75, 3.05) is 17.3 Å². The van der Waals surface area contributed by atoms with Crippen LogP contribution in [0.5, 0.6) is 0 Å². The van der Waals surface area contributed by atoms with Gasteiger partial charge >= 0.3 is 0 Å². The van der Waals surface area contributed by atoms with Gasteiger partial charge in [0, 0.05) is 17.5 Å². The van der Waals surface area contributed by atoms with Crippen LogP contribution in [0.2, 0.25) is 5.02 Å². The normalized spacial score (nSPS) is 11.9. The van der Waals surface area contributed by atoms with E-state index in [0.29, 0.717) is 22.2 Å². The van der Waals surface area contributed by atoms with Crippen LogP contribution in [0.3, 0.4) is 0 Å². The molecular weight excluding hydrogens is 408 g/mol. The number of carbonyl (C=O) groups is 2. The van der Waals surface area contributed by atoms with Crippen LogP contribution in [0.15, 0.2) is 53.5 Å². The number of nitrogens with zero attached hydrogens (tertiary/aromatic N) is 3. The van der Waals surface area contributed by atoms with Crippen molar-refractivity contribution in [2.24, 2.45) is 5.92 Å². The van der Waals surface area contributed by atoms with Crippen molar-refractivity contribution in [3.63, 3.8) is 0 Å². The summed E-state index contributed by atoms with van der Waals surface area (Å²) in [6.45, 7) is 4.03. The Bertz CT molecular complexity index is 973. The molecule has 0 radical (unpaired) electrons. The summed E-state index contributed by atoms with van der Waals surface area (Å²) in [5.41, 5.74) is 3.50. The lowest BCUT2D eigenvalue weighted by Crippen LogP contribution is -2.34. The van der Waals surface area contributed by atoms with E-state index in [1.165, 1.54) is 11.3 Å².